The summed E-state index contributed by atoms with van der Waals surface area (Å²) in [7, 11) is 0. The van der Waals surface area contributed by atoms with Crippen molar-refractivity contribution in [1.82, 2.24) is 19.9 Å². The van der Waals surface area contributed by atoms with Crippen molar-refractivity contribution in [3.8, 4) is 17.3 Å². The minimum atomic E-state index is -4.50. The predicted molar refractivity (Wildman–Crippen MR) is 137 cm³/mol. The lowest BCUT2D eigenvalue weighted by Gasteiger charge is -2.35. The molecule has 0 radical (unpaired) electrons. The van der Waals surface area contributed by atoms with Crippen LogP contribution in [-0.4, -0.2) is 70.2 Å². The van der Waals surface area contributed by atoms with Crippen molar-refractivity contribution in [3.63, 3.8) is 0 Å². The second-order valence-electron chi connectivity index (χ2n) is 10.2. The number of carbonyl (C=O) groups is 1. The molecule has 2 bridgehead atoms. The summed E-state index contributed by atoms with van der Waals surface area (Å²) in [6.07, 6.45) is 0.286. The Morgan fingerprint density at radius 2 is 2.05 bits per heavy atom. The van der Waals surface area contributed by atoms with Crippen molar-refractivity contribution in [2.24, 2.45) is 0 Å². The number of carbonyl (C=O) groups excluding carboxylic acids is 1. The number of hydrogen-bond acceptors (Lipinski definition) is 9. The van der Waals surface area contributed by atoms with Crippen LogP contribution in [0.1, 0.15) is 25.8 Å². The van der Waals surface area contributed by atoms with E-state index in [-0.39, 0.29) is 41.8 Å². The molecule has 0 saturated carbocycles. The predicted octanol–water partition coefficient (Wildman–Crippen LogP) is 4.11. The molecule has 2 aromatic heterocycles. The highest BCUT2D eigenvalue weighted by Crippen LogP contribution is 2.40. The van der Waals surface area contributed by atoms with E-state index < -0.39 is 23.6 Å². The summed E-state index contributed by atoms with van der Waals surface area (Å²) in [5.41, 5.74) is 0.0323. The van der Waals surface area contributed by atoms with Gasteiger partial charge in [0.1, 0.15) is 12.7 Å². The molecule has 1 unspecified atom stereocenters. The van der Waals surface area contributed by atoms with Gasteiger partial charge >= 0.3 is 12.2 Å². The number of amides is 2. The molecule has 3 aliphatic rings. The zero-order chi connectivity index (χ0) is 28.1. The van der Waals surface area contributed by atoms with Gasteiger partial charge in [0.15, 0.2) is 23.2 Å². The Balaban J connectivity index is 1.19. The largest absolute Gasteiger partial charge is 0.474 e. The van der Waals surface area contributed by atoms with Crippen molar-refractivity contribution in [3.05, 3.63) is 48.4 Å². The molecule has 1 aromatic carbocycles. The van der Waals surface area contributed by atoms with Gasteiger partial charge in [-0.05, 0) is 32.4 Å². The van der Waals surface area contributed by atoms with Crippen molar-refractivity contribution in [2.75, 3.05) is 41.4 Å². The van der Waals surface area contributed by atoms with Crippen molar-refractivity contribution < 1.29 is 32.2 Å². The minimum absolute atomic E-state index is 0.0893. The fraction of sp³-hybridized carbons (Fsp3) is 0.423. The van der Waals surface area contributed by atoms with E-state index in [0.717, 1.165) is 12.1 Å². The lowest BCUT2D eigenvalue weighted by molar-refractivity contribution is -0.141. The number of hydrogen-bond donors (Lipinski definition) is 1. The van der Waals surface area contributed by atoms with Gasteiger partial charge in [0.2, 0.25) is 5.88 Å². The first-order valence-electron chi connectivity index (χ1n) is 12.7. The number of rotatable bonds is 5. The van der Waals surface area contributed by atoms with Crippen LogP contribution in [0.4, 0.5) is 35.3 Å². The fourth-order valence-corrected chi connectivity index (χ4v) is 5.00. The summed E-state index contributed by atoms with van der Waals surface area (Å²) in [6, 6.07) is 4.14. The number of nitrogens with zero attached hydrogens (tertiary/aromatic N) is 6. The monoisotopic (exact) mass is 557 g/mol. The second-order valence-corrected chi connectivity index (χ2v) is 10.2. The zero-order valence-electron chi connectivity index (χ0n) is 21.7. The molecule has 11 nitrogen and oxygen atoms in total. The number of halogens is 3. The first kappa shape index (κ1) is 26.2. The molecule has 2 saturated heterocycles. The molecule has 1 N–H and O–H groups in total. The first-order valence-corrected chi connectivity index (χ1v) is 12.7. The van der Waals surface area contributed by atoms with Gasteiger partial charge in [-0.15, -0.1) is 0 Å². The Morgan fingerprint density at radius 3 is 2.77 bits per heavy atom. The maximum Gasteiger partial charge on any atom is 0.416 e. The quantitative estimate of drug-likeness (QED) is 0.495. The molecule has 5 heterocycles. The van der Waals surface area contributed by atoms with E-state index in [1.165, 1.54) is 29.4 Å². The zero-order valence-corrected chi connectivity index (χ0v) is 21.7. The molecular formula is C26H26F3N7O4. The third kappa shape index (κ3) is 5.23. The highest BCUT2D eigenvalue weighted by atomic mass is 19.4. The molecule has 0 aliphatic carbocycles. The van der Waals surface area contributed by atoms with Crippen LogP contribution in [0.2, 0.25) is 0 Å². The van der Waals surface area contributed by atoms with Crippen LogP contribution < -0.4 is 19.9 Å². The molecule has 3 aromatic rings. The second kappa shape index (κ2) is 9.86. The molecule has 2 amide bonds. The molecule has 6 rings (SSSR count). The smallest absolute Gasteiger partial charge is 0.416 e. The lowest BCUT2D eigenvalue weighted by atomic mass is 10.1. The van der Waals surface area contributed by atoms with Crippen LogP contribution in [0.25, 0.3) is 11.4 Å². The van der Waals surface area contributed by atoms with Crippen LogP contribution in [-0.2, 0) is 15.7 Å². The SMILES string of the molecule is CC1(C)OCC(COc2cnc(NC(=O)N3c4nc(-c5cccc(C(F)(F)F)c5)ncc4N4CC[C@H]3C4)cn2)O1. The van der Waals surface area contributed by atoms with Gasteiger partial charge in [0, 0.05) is 18.7 Å². The van der Waals surface area contributed by atoms with E-state index >= 15 is 0 Å². The number of aromatic nitrogens is 4. The van der Waals surface area contributed by atoms with Gasteiger partial charge < -0.3 is 19.1 Å². The Morgan fingerprint density at radius 1 is 1.20 bits per heavy atom. The van der Waals surface area contributed by atoms with Gasteiger partial charge in [-0.2, -0.15) is 13.2 Å². The van der Waals surface area contributed by atoms with E-state index in [1.54, 1.807) is 6.20 Å². The third-order valence-corrected chi connectivity index (χ3v) is 6.86. The third-order valence-electron chi connectivity index (χ3n) is 6.86. The molecule has 0 spiro atoms. The van der Waals surface area contributed by atoms with E-state index in [1.807, 2.05) is 13.8 Å². The highest BCUT2D eigenvalue weighted by molar-refractivity contribution is 6.04. The summed E-state index contributed by atoms with van der Waals surface area (Å²) in [5.74, 6) is 0.220. The number of anilines is 3. The van der Waals surface area contributed by atoms with E-state index in [0.29, 0.717) is 37.6 Å². The maximum absolute atomic E-state index is 13.5. The topological polar surface area (TPSA) is 115 Å². The standard InChI is InChI=1S/C26H26F3N7O4/c1-25(2)39-14-18(40-25)13-38-21-11-30-20(10-31-21)33-24(37)36-17-6-7-35(12-17)19-9-32-22(34-23(19)36)15-4-3-5-16(8-15)26(27,28)29/h3-5,8-11,17-18H,6-7,12-14H2,1-2H3,(H,30,33,37)/t17-,18?/m0/s1. The van der Waals surface area contributed by atoms with Gasteiger partial charge in [-0.1, -0.05) is 12.1 Å². The van der Waals surface area contributed by atoms with Crippen LogP contribution in [0.3, 0.4) is 0 Å². The molecule has 210 valence electrons. The van der Waals surface area contributed by atoms with E-state index in [9.17, 15) is 18.0 Å². The number of urea groups is 1. The summed E-state index contributed by atoms with van der Waals surface area (Å²) >= 11 is 0. The molecule has 3 aliphatic heterocycles. The number of benzene rings is 1. The first-order chi connectivity index (χ1) is 19.1. The molecule has 14 heteroatoms. The summed E-state index contributed by atoms with van der Waals surface area (Å²) < 4.78 is 56.7. The Labute approximate surface area is 227 Å². The van der Waals surface area contributed by atoms with Crippen molar-refractivity contribution in [2.45, 2.75) is 44.4 Å². The maximum atomic E-state index is 13.5. The van der Waals surface area contributed by atoms with Crippen LogP contribution in [0, 0.1) is 0 Å². The highest BCUT2D eigenvalue weighted by Gasteiger charge is 2.41. The Bertz CT molecular complexity index is 1420. The van der Waals surface area contributed by atoms with Crippen LogP contribution in [0.5, 0.6) is 5.88 Å². The van der Waals surface area contributed by atoms with Crippen LogP contribution >= 0.6 is 0 Å². The van der Waals surface area contributed by atoms with Gasteiger partial charge in [0.05, 0.1) is 42.5 Å². The number of alkyl halides is 3. The Hall–Kier alpha value is -4.04. The minimum Gasteiger partial charge on any atom is -0.474 e. The van der Waals surface area contributed by atoms with Crippen molar-refractivity contribution in [1.29, 1.82) is 0 Å². The number of ether oxygens (including phenoxy) is 3. The summed E-state index contributed by atoms with van der Waals surface area (Å²) in [5, 5.41) is 2.74. The van der Waals surface area contributed by atoms with E-state index in [2.05, 4.69) is 30.2 Å². The van der Waals surface area contributed by atoms with Crippen molar-refractivity contribution >= 4 is 23.4 Å². The number of nitrogens with one attached hydrogen (secondary N) is 1. The fourth-order valence-electron chi connectivity index (χ4n) is 5.00. The molecule has 40 heavy (non-hydrogen) atoms. The normalized spacial score (nSPS) is 21.3. The Kier molecular flexibility index (Phi) is 6.45. The lowest BCUT2D eigenvalue weighted by Crippen LogP contribution is -2.48. The molecular weight excluding hydrogens is 531 g/mol. The average Bonchev–Trinajstić information content (AvgIpc) is 3.50. The van der Waals surface area contributed by atoms with Crippen LogP contribution in [0.15, 0.2) is 42.9 Å². The summed E-state index contributed by atoms with van der Waals surface area (Å²) in [4.78, 5) is 34.3. The van der Waals surface area contributed by atoms with E-state index in [4.69, 9.17) is 14.2 Å². The summed E-state index contributed by atoms with van der Waals surface area (Å²) in [6.45, 7) is 5.59. The molecule has 2 fully saturated rings. The van der Waals surface area contributed by atoms with Gasteiger partial charge in [-0.25, -0.2) is 24.7 Å². The van der Waals surface area contributed by atoms with Gasteiger partial charge in [0.25, 0.3) is 0 Å². The van der Waals surface area contributed by atoms with Gasteiger partial charge in [-0.3, -0.25) is 10.2 Å². The average molecular weight is 558 g/mol. The number of fused-ring (bicyclic) bond motifs is 4. The molecule has 2 atom stereocenters.